The van der Waals surface area contributed by atoms with Crippen LogP contribution in [0.1, 0.15) is 28.4 Å². The third-order valence-corrected chi connectivity index (χ3v) is 3.96. The summed E-state index contributed by atoms with van der Waals surface area (Å²) in [4.78, 5) is 24.7. The Kier molecular flexibility index (Phi) is 3.45. The van der Waals surface area contributed by atoms with Gasteiger partial charge in [0.1, 0.15) is 0 Å². The lowest BCUT2D eigenvalue weighted by Crippen LogP contribution is -2.49. The fourth-order valence-corrected chi connectivity index (χ4v) is 2.63. The molecule has 0 fully saturated rings. The quantitative estimate of drug-likeness (QED) is 0.866. The highest BCUT2D eigenvalue weighted by atomic mass is 16.6. The molecular formula is C18H17NO3. The molecule has 0 aromatic heterocycles. The Morgan fingerprint density at radius 1 is 1.14 bits per heavy atom. The van der Waals surface area contributed by atoms with E-state index < -0.39 is 11.6 Å². The highest BCUT2D eigenvalue weighted by Gasteiger charge is 2.42. The minimum atomic E-state index is -1.20. The summed E-state index contributed by atoms with van der Waals surface area (Å²) in [5.41, 5.74) is 1.85. The van der Waals surface area contributed by atoms with Crippen molar-refractivity contribution >= 4 is 17.6 Å². The van der Waals surface area contributed by atoms with E-state index in [1.54, 1.807) is 19.1 Å². The average molecular weight is 295 g/mol. The number of nitrogens with one attached hydrogen (secondary N) is 1. The Balaban J connectivity index is 1.87. The van der Waals surface area contributed by atoms with Crippen LogP contribution in [0.15, 0.2) is 48.5 Å². The molecule has 4 heteroatoms. The average Bonchev–Trinajstić information content (AvgIpc) is 2.49. The fourth-order valence-electron chi connectivity index (χ4n) is 2.63. The molecular weight excluding hydrogens is 278 g/mol. The van der Waals surface area contributed by atoms with Gasteiger partial charge in [-0.15, -0.1) is 0 Å². The number of cyclic esters (lactones) is 1. The van der Waals surface area contributed by atoms with Crippen molar-refractivity contribution in [1.29, 1.82) is 0 Å². The summed E-state index contributed by atoms with van der Waals surface area (Å²) >= 11 is 0. The first kappa shape index (κ1) is 14.3. The fraction of sp³-hybridized carbons (Fsp3) is 0.222. The van der Waals surface area contributed by atoms with Crippen LogP contribution in [0.3, 0.4) is 0 Å². The maximum Gasteiger partial charge on any atom is 0.339 e. The Bertz CT molecular complexity index is 754. The molecule has 2 aromatic carbocycles. The summed E-state index contributed by atoms with van der Waals surface area (Å²) in [5, 5.41) is 2.86. The van der Waals surface area contributed by atoms with Gasteiger partial charge in [0, 0.05) is 12.1 Å². The number of hydrogen-bond acceptors (Lipinski definition) is 3. The zero-order chi connectivity index (χ0) is 15.7. The Hall–Kier alpha value is -2.62. The van der Waals surface area contributed by atoms with Gasteiger partial charge < -0.3 is 10.1 Å². The highest BCUT2D eigenvalue weighted by Crippen LogP contribution is 2.29. The van der Waals surface area contributed by atoms with Crippen LogP contribution in [-0.2, 0) is 16.0 Å². The van der Waals surface area contributed by atoms with Gasteiger partial charge in [-0.25, -0.2) is 4.79 Å². The number of para-hydroxylation sites is 1. The molecule has 1 atom stereocenters. The summed E-state index contributed by atoms with van der Waals surface area (Å²) in [6.07, 6.45) is 0.368. The van der Waals surface area contributed by atoms with Crippen molar-refractivity contribution in [2.75, 3.05) is 5.32 Å². The van der Waals surface area contributed by atoms with E-state index in [-0.39, 0.29) is 5.91 Å². The number of ether oxygens (including phenoxy) is 1. The lowest BCUT2D eigenvalue weighted by molar-refractivity contribution is -0.134. The number of carbonyl (C=O) groups excluding carboxylic acids is 2. The number of hydrogen-bond donors (Lipinski definition) is 1. The van der Waals surface area contributed by atoms with Gasteiger partial charge in [0.05, 0.1) is 5.56 Å². The molecule has 1 aliphatic rings. The molecule has 0 saturated heterocycles. The highest BCUT2D eigenvalue weighted by molar-refractivity contribution is 6.02. The summed E-state index contributed by atoms with van der Waals surface area (Å²) in [6.45, 7) is 3.56. The lowest BCUT2D eigenvalue weighted by atomic mass is 9.89. The van der Waals surface area contributed by atoms with E-state index in [0.29, 0.717) is 12.0 Å². The van der Waals surface area contributed by atoms with Crippen molar-refractivity contribution in [3.63, 3.8) is 0 Å². The number of benzene rings is 2. The summed E-state index contributed by atoms with van der Waals surface area (Å²) in [7, 11) is 0. The minimum absolute atomic E-state index is 0.315. The SMILES string of the molecule is Cc1ccccc1NC(=O)[C@@]1(C)Cc2ccccc2C(=O)O1. The number of carbonyl (C=O) groups is 2. The number of esters is 1. The molecule has 112 valence electrons. The first-order valence-electron chi connectivity index (χ1n) is 7.18. The molecule has 0 spiro atoms. The van der Waals surface area contributed by atoms with E-state index in [0.717, 1.165) is 16.8 Å². The van der Waals surface area contributed by atoms with Crippen molar-refractivity contribution in [2.24, 2.45) is 0 Å². The zero-order valence-corrected chi connectivity index (χ0v) is 12.6. The topological polar surface area (TPSA) is 55.4 Å². The van der Waals surface area contributed by atoms with E-state index in [4.69, 9.17) is 4.74 Å². The first-order chi connectivity index (χ1) is 10.5. The lowest BCUT2D eigenvalue weighted by Gasteiger charge is -2.33. The Morgan fingerprint density at radius 2 is 1.82 bits per heavy atom. The van der Waals surface area contributed by atoms with Gasteiger partial charge in [0.25, 0.3) is 5.91 Å². The van der Waals surface area contributed by atoms with Crippen LogP contribution >= 0.6 is 0 Å². The van der Waals surface area contributed by atoms with Crippen molar-refractivity contribution < 1.29 is 14.3 Å². The molecule has 0 aliphatic carbocycles. The van der Waals surface area contributed by atoms with E-state index in [1.165, 1.54) is 0 Å². The van der Waals surface area contributed by atoms with Gasteiger partial charge >= 0.3 is 5.97 Å². The molecule has 1 N–H and O–H groups in total. The van der Waals surface area contributed by atoms with E-state index in [2.05, 4.69) is 5.32 Å². The standard InChI is InChI=1S/C18H17NO3/c1-12-7-3-6-10-15(12)19-17(21)18(2)11-13-8-4-5-9-14(13)16(20)22-18/h3-10H,11H2,1-2H3,(H,19,21)/t18-/m1/s1. The maximum absolute atomic E-state index is 12.6. The van der Waals surface area contributed by atoms with Crippen LogP contribution in [0.2, 0.25) is 0 Å². The molecule has 22 heavy (non-hydrogen) atoms. The predicted molar refractivity (Wildman–Crippen MR) is 83.8 cm³/mol. The summed E-state index contributed by atoms with van der Waals surface area (Å²) in [5.74, 6) is -0.770. The number of aryl methyl sites for hydroxylation is 1. The van der Waals surface area contributed by atoms with Gasteiger partial charge in [-0.3, -0.25) is 4.79 Å². The van der Waals surface area contributed by atoms with Gasteiger partial charge in [0.15, 0.2) is 5.60 Å². The number of amides is 1. The second-order valence-electron chi connectivity index (χ2n) is 5.72. The van der Waals surface area contributed by atoms with Gasteiger partial charge in [-0.2, -0.15) is 0 Å². The number of rotatable bonds is 2. The third-order valence-electron chi connectivity index (χ3n) is 3.96. The number of fused-ring (bicyclic) bond motifs is 1. The van der Waals surface area contributed by atoms with Crippen molar-refractivity contribution in [3.05, 3.63) is 65.2 Å². The van der Waals surface area contributed by atoms with Crippen LogP contribution in [-0.4, -0.2) is 17.5 Å². The monoisotopic (exact) mass is 295 g/mol. The maximum atomic E-state index is 12.6. The molecule has 2 aromatic rings. The van der Waals surface area contributed by atoms with E-state index in [9.17, 15) is 9.59 Å². The Labute approximate surface area is 129 Å². The molecule has 4 nitrogen and oxygen atoms in total. The van der Waals surface area contributed by atoms with Gasteiger partial charge in [-0.05, 0) is 37.1 Å². The second kappa shape index (κ2) is 5.30. The molecule has 1 heterocycles. The molecule has 1 aliphatic heterocycles. The molecule has 0 unspecified atom stereocenters. The van der Waals surface area contributed by atoms with Gasteiger partial charge in [-0.1, -0.05) is 36.4 Å². The van der Waals surface area contributed by atoms with Gasteiger partial charge in [0.2, 0.25) is 0 Å². The summed E-state index contributed by atoms with van der Waals surface area (Å²) in [6, 6.07) is 14.7. The minimum Gasteiger partial charge on any atom is -0.445 e. The van der Waals surface area contributed by atoms with E-state index >= 15 is 0 Å². The van der Waals surface area contributed by atoms with Crippen molar-refractivity contribution in [1.82, 2.24) is 0 Å². The van der Waals surface area contributed by atoms with Crippen LogP contribution < -0.4 is 5.32 Å². The van der Waals surface area contributed by atoms with Crippen molar-refractivity contribution in [2.45, 2.75) is 25.9 Å². The smallest absolute Gasteiger partial charge is 0.339 e. The molecule has 0 radical (unpaired) electrons. The number of anilines is 1. The normalized spacial score (nSPS) is 20.0. The molecule has 3 rings (SSSR count). The molecule has 0 saturated carbocycles. The van der Waals surface area contributed by atoms with Crippen molar-refractivity contribution in [3.8, 4) is 0 Å². The first-order valence-corrected chi connectivity index (χ1v) is 7.18. The Morgan fingerprint density at radius 3 is 2.59 bits per heavy atom. The van der Waals surface area contributed by atoms with E-state index in [1.807, 2.05) is 43.3 Å². The zero-order valence-electron chi connectivity index (χ0n) is 12.6. The predicted octanol–water partition coefficient (Wildman–Crippen LogP) is 3.11. The largest absolute Gasteiger partial charge is 0.445 e. The van der Waals surface area contributed by atoms with Crippen LogP contribution in [0.25, 0.3) is 0 Å². The third kappa shape index (κ3) is 2.48. The van der Waals surface area contributed by atoms with Crippen LogP contribution in [0, 0.1) is 6.92 Å². The van der Waals surface area contributed by atoms with Crippen LogP contribution in [0.4, 0.5) is 5.69 Å². The molecule has 0 bridgehead atoms. The van der Waals surface area contributed by atoms with Crippen LogP contribution in [0.5, 0.6) is 0 Å². The summed E-state index contributed by atoms with van der Waals surface area (Å²) < 4.78 is 5.42. The second-order valence-corrected chi connectivity index (χ2v) is 5.72. The molecule has 1 amide bonds.